The van der Waals surface area contributed by atoms with Crippen LogP contribution in [-0.4, -0.2) is 28.3 Å². The lowest BCUT2D eigenvalue weighted by atomic mass is 10.1. The summed E-state index contributed by atoms with van der Waals surface area (Å²) in [6.07, 6.45) is 1.63. The maximum Gasteiger partial charge on any atom is 0.249 e. The zero-order chi connectivity index (χ0) is 20.1. The van der Waals surface area contributed by atoms with Gasteiger partial charge in [-0.2, -0.15) is 10.1 Å². The summed E-state index contributed by atoms with van der Waals surface area (Å²) in [6, 6.07) is 12.5. The van der Waals surface area contributed by atoms with Crippen LogP contribution in [0.25, 0.3) is 0 Å². The monoisotopic (exact) mass is 376 g/mol. The molecule has 0 aliphatic rings. The van der Waals surface area contributed by atoms with Gasteiger partial charge in [0.05, 0.1) is 6.20 Å². The molecule has 0 aliphatic heterocycles. The van der Waals surface area contributed by atoms with Crippen molar-refractivity contribution in [3.8, 4) is 0 Å². The molecule has 0 fully saturated rings. The van der Waals surface area contributed by atoms with Crippen molar-refractivity contribution in [1.29, 1.82) is 0 Å². The molecular formula is C22H28N6. The molecule has 0 bridgehead atoms. The molecule has 3 rings (SSSR count). The highest BCUT2D eigenvalue weighted by molar-refractivity contribution is 5.66. The summed E-state index contributed by atoms with van der Waals surface area (Å²) in [6.45, 7) is 12.6. The van der Waals surface area contributed by atoms with Gasteiger partial charge in [-0.3, -0.25) is 0 Å². The number of benzene rings is 2. The van der Waals surface area contributed by atoms with Gasteiger partial charge in [-0.05, 0) is 75.6 Å². The predicted octanol–water partition coefficient (Wildman–Crippen LogP) is 5.13. The summed E-state index contributed by atoms with van der Waals surface area (Å²) in [5.41, 5.74) is 6.78. The third-order valence-corrected chi connectivity index (χ3v) is 5.01. The van der Waals surface area contributed by atoms with E-state index in [0.717, 1.165) is 30.0 Å². The number of hydrogen-bond donors (Lipinski definition) is 2. The largest absolute Gasteiger partial charge is 0.372 e. The Morgan fingerprint density at radius 2 is 1.68 bits per heavy atom. The van der Waals surface area contributed by atoms with Crippen LogP contribution in [0.5, 0.6) is 0 Å². The van der Waals surface area contributed by atoms with Crippen molar-refractivity contribution in [2.75, 3.05) is 28.6 Å². The molecule has 2 N–H and O–H groups in total. The highest BCUT2D eigenvalue weighted by Gasteiger charge is 2.08. The Balaban J connectivity index is 1.78. The summed E-state index contributed by atoms with van der Waals surface area (Å²) >= 11 is 0. The van der Waals surface area contributed by atoms with Crippen molar-refractivity contribution in [3.05, 3.63) is 59.3 Å². The fraction of sp³-hybridized carbons (Fsp3) is 0.318. The second-order valence-corrected chi connectivity index (χ2v) is 6.83. The molecule has 1 heterocycles. The van der Waals surface area contributed by atoms with Crippen LogP contribution in [-0.2, 0) is 0 Å². The fourth-order valence-corrected chi connectivity index (χ4v) is 3.14. The Labute approximate surface area is 167 Å². The minimum Gasteiger partial charge on any atom is -0.372 e. The summed E-state index contributed by atoms with van der Waals surface area (Å²) in [4.78, 5) is 6.88. The highest BCUT2D eigenvalue weighted by atomic mass is 15.3. The van der Waals surface area contributed by atoms with E-state index in [4.69, 9.17) is 0 Å². The molecule has 28 heavy (non-hydrogen) atoms. The maximum atomic E-state index is 4.56. The quantitative estimate of drug-likeness (QED) is 0.596. The molecule has 0 spiro atoms. The van der Waals surface area contributed by atoms with Crippen molar-refractivity contribution in [2.45, 2.75) is 34.6 Å². The molecule has 3 aromatic rings. The first-order valence-corrected chi connectivity index (χ1v) is 9.67. The van der Waals surface area contributed by atoms with Gasteiger partial charge >= 0.3 is 0 Å². The smallest absolute Gasteiger partial charge is 0.249 e. The number of nitrogens with one attached hydrogen (secondary N) is 2. The molecule has 6 heteroatoms. The van der Waals surface area contributed by atoms with Crippen LogP contribution in [0.15, 0.2) is 42.6 Å². The first kappa shape index (κ1) is 19.6. The molecule has 1 aromatic heterocycles. The van der Waals surface area contributed by atoms with E-state index in [1.54, 1.807) is 6.20 Å². The van der Waals surface area contributed by atoms with Crippen molar-refractivity contribution in [3.63, 3.8) is 0 Å². The first-order valence-electron chi connectivity index (χ1n) is 9.67. The lowest BCUT2D eigenvalue weighted by Gasteiger charge is -2.22. The van der Waals surface area contributed by atoms with Gasteiger partial charge in [0.1, 0.15) is 0 Å². The zero-order valence-corrected chi connectivity index (χ0v) is 17.2. The van der Waals surface area contributed by atoms with Crippen LogP contribution in [0.1, 0.15) is 30.5 Å². The Morgan fingerprint density at radius 3 is 2.39 bits per heavy atom. The number of rotatable bonds is 7. The Bertz CT molecular complexity index is 950. The van der Waals surface area contributed by atoms with Crippen molar-refractivity contribution < 1.29 is 0 Å². The number of aryl methyl sites for hydroxylation is 2. The van der Waals surface area contributed by atoms with Gasteiger partial charge < -0.3 is 15.5 Å². The summed E-state index contributed by atoms with van der Waals surface area (Å²) in [5, 5.41) is 14.8. The average Bonchev–Trinajstić information content (AvgIpc) is 2.69. The molecule has 0 unspecified atom stereocenters. The number of nitrogens with zero attached hydrogens (tertiary/aromatic N) is 4. The predicted molar refractivity (Wildman–Crippen MR) is 117 cm³/mol. The number of anilines is 5. The second kappa shape index (κ2) is 8.69. The molecule has 146 valence electrons. The molecular weight excluding hydrogens is 348 g/mol. The van der Waals surface area contributed by atoms with Gasteiger partial charge in [0.25, 0.3) is 0 Å². The van der Waals surface area contributed by atoms with Crippen LogP contribution in [0, 0.1) is 20.8 Å². The van der Waals surface area contributed by atoms with E-state index < -0.39 is 0 Å². The lowest BCUT2D eigenvalue weighted by Crippen LogP contribution is -2.21. The molecule has 0 saturated carbocycles. The highest BCUT2D eigenvalue weighted by Crippen LogP contribution is 2.25. The van der Waals surface area contributed by atoms with Gasteiger partial charge in [0, 0.05) is 30.2 Å². The molecule has 0 aliphatic carbocycles. The standard InChI is InChI=1S/C22H28N6/c1-6-28(7-2)18-11-12-19(16(4)13-18)25-22-26-21(14-23-27-22)24-20-10-8-9-15(3)17(20)5/h8-14H,6-7H2,1-5H3,(H2,24,25,26,27). The Hall–Kier alpha value is -3.15. The summed E-state index contributed by atoms with van der Waals surface area (Å²) in [5.74, 6) is 1.12. The first-order chi connectivity index (χ1) is 13.5. The molecule has 2 aromatic carbocycles. The van der Waals surface area contributed by atoms with Gasteiger partial charge in [0.2, 0.25) is 5.95 Å². The number of hydrogen-bond acceptors (Lipinski definition) is 6. The minimum atomic E-state index is 0.467. The van der Waals surface area contributed by atoms with Gasteiger partial charge in [0.15, 0.2) is 5.82 Å². The maximum absolute atomic E-state index is 4.56. The van der Waals surface area contributed by atoms with Gasteiger partial charge in [-0.25, -0.2) is 0 Å². The van der Waals surface area contributed by atoms with Crippen molar-refractivity contribution >= 4 is 28.8 Å². The van der Waals surface area contributed by atoms with Crippen LogP contribution in [0.4, 0.5) is 28.8 Å². The fourth-order valence-electron chi connectivity index (χ4n) is 3.14. The van der Waals surface area contributed by atoms with Crippen LogP contribution >= 0.6 is 0 Å². The van der Waals surface area contributed by atoms with Gasteiger partial charge in [-0.15, -0.1) is 5.10 Å². The Morgan fingerprint density at radius 1 is 0.893 bits per heavy atom. The normalized spacial score (nSPS) is 10.6. The summed E-state index contributed by atoms with van der Waals surface area (Å²) in [7, 11) is 0. The van der Waals surface area contributed by atoms with E-state index in [1.807, 2.05) is 12.1 Å². The Kier molecular flexibility index (Phi) is 6.09. The van der Waals surface area contributed by atoms with E-state index >= 15 is 0 Å². The lowest BCUT2D eigenvalue weighted by molar-refractivity contribution is 0.865. The third-order valence-electron chi connectivity index (χ3n) is 5.01. The van der Waals surface area contributed by atoms with Crippen molar-refractivity contribution in [2.24, 2.45) is 0 Å². The molecule has 0 radical (unpaired) electrons. The van der Waals surface area contributed by atoms with E-state index in [-0.39, 0.29) is 0 Å². The topological polar surface area (TPSA) is 66.0 Å². The van der Waals surface area contributed by atoms with E-state index in [2.05, 4.69) is 89.6 Å². The van der Waals surface area contributed by atoms with E-state index in [1.165, 1.54) is 16.8 Å². The third kappa shape index (κ3) is 4.39. The van der Waals surface area contributed by atoms with E-state index in [9.17, 15) is 0 Å². The zero-order valence-electron chi connectivity index (χ0n) is 17.2. The molecule has 0 amide bonds. The second-order valence-electron chi connectivity index (χ2n) is 6.83. The van der Waals surface area contributed by atoms with Crippen LogP contribution in [0.3, 0.4) is 0 Å². The van der Waals surface area contributed by atoms with Crippen LogP contribution < -0.4 is 15.5 Å². The van der Waals surface area contributed by atoms with Crippen molar-refractivity contribution in [1.82, 2.24) is 15.2 Å². The summed E-state index contributed by atoms with van der Waals surface area (Å²) < 4.78 is 0. The molecule has 0 atom stereocenters. The minimum absolute atomic E-state index is 0.467. The molecule has 0 saturated heterocycles. The SMILES string of the molecule is CCN(CC)c1ccc(Nc2nncc(Nc3cccc(C)c3C)n2)c(C)c1. The van der Waals surface area contributed by atoms with Crippen LogP contribution in [0.2, 0.25) is 0 Å². The average molecular weight is 377 g/mol. The molecule has 6 nitrogen and oxygen atoms in total. The van der Waals surface area contributed by atoms with E-state index in [0.29, 0.717) is 11.8 Å². The number of aromatic nitrogens is 3. The van der Waals surface area contributed by atoms with Gasteiger partial charge in [-0.1, -0.05) is 12.1 Å².